The zero-order chi connectivity index (χ0) is 15.7. The summed E-state index contributed by atoms with van der Waals surface area (Å²) in [5.41, 5.74) is -1.86. The Hall–Kier alpha value is -1.79. The lowest BCUT2D eigenvalue weighted by Gasteiger charge is -2.33. The van der Waals surface area contributed by atoms with Gasteiger partial charge in [0.1, 0.15) is 11.6 Å². The second-order valence-corrected chi connectivity index (χ2v) is 6.17. The average Bonchev–Trinajstić information content (AvgIpc) is 2.41. The highest BCUT2D eigenvalue weighted by atomic mass is 16.6. The first-order chi connectivity index (χ1) is 8.94. The van der Waals surface area contributed by atoms with Crippen LogP contribution in [-0.4, -0.2) is 45.4 Å². The van der Waals surface area contributed by atoms with Crippen molar-refractivity contribution >= 4 is 18.0 Å². The van der Waals surface area contributed by atoms with Crippen LogP contribution in [0, 0.1) is 0 Å². The fourth-order valence-corrected chi connectivity index (χ4v) is 2.01. The Morgan fingerprint density at radius 1 is 1.40 bits per heavy atom. The van der Waals surface area contributed by atoms with E-state index in [2.05, 4.69) is 0 Å². The Morgan fingerprint density at radius 3 is 2.40 bits per heavy atom. The Balaban J connectivity index is 2.93. The predicted molar refractivity (Wildman–Crippen MR) is 68.9 cm³/mol. The first kappa shape index (κ1) is 16.3. The lowest BCUT2D eigenvalue weighted by atomic mass is 10.1. The van der Waals surface area contributed by atoms with E-state index in [0.29, 0.717) is 0 Å². The van der Waals surface area contributed by atoms with Crippen LogP contribution >= 0.6 is 0 Å². The fraction of sp³-hybridized carbons (Fsp3) is 0.769. The molecule has 1 saturated heterocycles. The van der Waals surface area contributed by atoms with Crippen LogP contribution in [0.3, 0.4) is 0 Å². The fourth-order valence-electron chi connectivity index (χ4n) is 2.01. The minimum atomic E-state index is -1.15. The van der Waals surface area contributed by atoms with E-state index in [0.717, 1.165) is 0 Å². The van der Waals surface area contributed by atoms with Gasteiger partial charge in [-0.15, -0.1) is 0 Å². The highest BCUT2D eigenvalue weighted by Gasteiger charge is 2.51. The maximum absolute atomic E-state index is 12.2. The Labute approximate surface area is 117 Å². The zero-order valence-electron chi connectivity index (χ0n) is 12.4. The molecule has 0 saturated carbocycles. The van der Waals surface area contributed by atoms with Crippen LogP contribution in [0.2, 0.25) is 0 Å². The molecule has 7 nitrogen and oxygen atoms in total. The number of esters is 1. The maximum Gasteiger partial charge on any atom is 0.414 e. The van der Waals surface area contributed by atoms with E-state index in [1.807, 2.05) is 0 Å². The number of carboxylic acids is 1. The van der Waals surface area contributed by atoms with Gasteiger partial charge < -0.3 is 14.6 Å². The lowest BCUT2D eigenvalue weighted by molar-refractivity contribution is -0.149. The molecule has 1 N–H and O–H groups in total. The van der Waals surface area contributed by atoms with Crippen LogP contribution in [0.25, 0.3) is 0 Å². The summed E-state index contributed by atoms with van der Waals surface area (Å²) in [4.78, 5) is 35.8. The molecule has 1 atom stereocenters. The number of carboxylic acid groups (broad SMARTS) is 1. The summed E-state index contributed by atoms with van der Waals surface area (Å²) < 4.78 is 10.4. The van der Waals surface area contributed by atoms with Crippen molar-refractivity contribution < 1.29 is 29.0 Å². The normalized spacial score (nSPS) is 21.6. The van der Waals surface area contributed by atoms with Crippen molar-refractivity contribution in [1.82, 2.24) is 4.90 Å². The molecule has 1 amide bonds. The minimum absolute atomic E-state index is 0.00314. The number of nitrogens with zero attached hydrogens (tertiary/aromatic N) is 1. The SMILES string of the molecule is CC(C)(C)OC(=O)N1[C@@H](CCC(=O)O)C(=O)OC1(C)C. The lowest BCUT2D eigenvalue weighted by Crippen LogP contribution is -2.50. The largest absolute Gasteiger partial charge is 0.481 e. The van der Waals surface area contributed by atoms with Gasteiger partial charge >= 0.3 is 18.0 Å². The Bertz CT molecular complexity index is 423. The van der Waals surface area contributed by atoms with Crippen LogP contribution in [-0.2, 0) is 19.1 Å². The van der Waals surface area contributed by atoms with Crippen molar-refractivity contribution in [3.63, 3.8) is 0 Å². The number of aliphatic carboxylic acids is 1. The number of rotatable bonds is 3. The molecule has 114 valence electrons. The van der Waals surface area contributed by atoms with Crippen LogP contribution in [0.4, 0.5) is 4.79 Å². The smallest absolute Gasteiger partial charge is 0.414 e. The highest BCUT2D eigenvalue weighted by Crippen LogP contribution is 2.32. The number of ether oxygens (including phenoxy) is 2. The standard InChI is InChI=1S/C13H21NO6/c1-12(2,3)20-11(18)14-8(6-7-9(15)16)10(17)19-13(14,4)5/h8H,6-7H2,1-5H3,(H,15,16)/t8-/m0/s1. The number of amides is 1. The van der Waals surface area contributed by atoms with Crippen LogP contribution < -0.4 is 0 Å². The zero-order valence-corrected chi connectivity index (χ0v) is 12.4. The summed E-state index contributed by atoms with van der Waals surface area (Å²) in [5, 5.41) is 8.71. The summed E-state index contributed by atoms with van der Waals surface area (Å²) >= 11 is 0. The monoisotopic (exact) mass is 287 g/mol. The third kappa shape index (κ3) is 3.85. The van der Waals surface area contributed by atoms with E-state index >= 15 is 0 Å². The quantitative estimate of drug-likeness (QED) is 0.795. The molecule has 0 aromatic rings. The van der Waals surface area contributed by atoms with E-state index < -0.39 is 35.4 Å². The van der Waals surface area contributed by atoms with Crippen molar-refractivity contribution in [2.75, 3.05) is 0 Å². The van der Waals surface area contributed by atoms with Gasteiger partial charge in [-0.05, 0) is 41.0 Å². The van der Waals surface area contributed by atoms with E-state index in [4.69, 9.17) is 14.6 Å². The average molecular weight is 287 g/mol. The molecule has 0 aromatic heterocycles. The molecular formula is C13H21NO6. The van der Waals surface area contributed by atoms with Gasteiger partial charge in [0.25, 0.3) is 0 Å². The van der Waals surface area contributed by atoms with E-state index in [1.165, 1.54) is 4.90 Å². The summed E-state index contributed by atoms with van der Waals surface area (Å²) in [6.07, 6.45) is -0.921. The van der Waals surface area contributed by atoms with Gasteiger partial charge in [0.2, 0.25) is 0 Å². The van der Waals surface area contributed by atoms with Gasteiger partial charge in [0.15, 0.2) is 5.72 Å². The van der Waals surface area contributed by atoms with Gasteiger partial charge in [-0.25, -0.2) is 9.59 Å². The third-order valence-electron chi connectivity index (χ3n) is 2.74. The summed E-state index contributed by atoms with van der Waals surface area (Å²) in [5.74, 6) is -1.64. The molecule has 1 fully saturated rings. The third-order valence-corrected chi connectivity index (χ3v) is 2.74. The maximum atomic E-state index is 12.2. The molecule has 1 aliphatic heterocycles. The molecule has 0 radical (unpaired) electrons. The molecule has 0 aromatic carbocycles. The van der Waals surface area contributed by atoms with E-state index in [-0.39, 0.29) is 12.8 Å². The molecule has 20 heavy (non-hydrogen) atoms. The molecule has 0 spiro atoms. The van der Waals surface area contributed by atoms with Crippen LogP contribution in [0.5, 0.6) is 0 Å². The second kappa shape index (κ2) is 5.30. The first-order valence-corrected chi connectivity index (χ1v) is 6.41. The topological polar surface area (TPSA) is 93.1 Å². The molecule has 0 unspecified atom stereocenters. The van der Waals surface area contributed by atoms with Gasteiger partial charge in [0.05, 0.1) is 0 Å². The van der Waals surface area contributed by atoms with Gasteiger partial charge in [-0.2, -0.15) is 0 Å². The van der Waals surface area contributed by atoms with Crippen molar-refractivity contribution in [3.05, 3.63) is 0 Å². The molecule has 7 heteroatoms. The van der Waals surface area contributed by atoms with Gasteiger partial charge in [0, 0.05) is 6.42 Å². The van der Waals surface area contributed by atoms with Gasteiger partial charge in [-0.1, -0.05) is 0 Å². The summed E-state index contributed by atoms with van der Waals surface area (Å²) in [6.45, 7) is 8.26. The first-order valence-electron chi connectivity index (χ1n) is 6.41. The van der Waals surface area contributed by atoms with Crippen molar-refractivity contribution in [2.24, 2.45) is 0 Å². The molecule has 0 bridgehead atoms. The number of hydrogen-bond donors (Lipinski definition) is 1. The highest BCUT2D eigenvalue weighted by molar-refractivity contribution is 5.85. The molecule has 1 rings (SSSR count). The second-order valence-electron chi connectivity index (χ2n) is 6.17. The summed E-state index contributed by atoms with van der Waals surface area (Å²) in [7, 11) is 0. The van der Waals surface area contributed by atoms with Crippen LogP contribution in [0.1, 0.15) is 47.5 Å². The molecule has 1 aliphatic rings. The van der Waals surface area contributed by atoms with E-state index in [9.17, 15) is 14.4 Å². The number of carbonyl (C=O) groups excluding carboxylic acids is 2. The van der Waals surface area contributed by atoms with E-state index in [1.54, 1.807) is 34.6 Å². The molecule has 0 aliphatic carbocycles. The number of hydrogen-bond acceptors (Lipinski definition) is 5. The van der Waals surface area contributed by atoms with Crippen LogP contribution in [0.15, 0.2) is 0 Å². The molecular weight excluding hydrogens is 266 g/mol. The number of carbonyl (C=O) groups is 3. The minimum Gasteiger partial charge on any atom is -0.481 e. The predicted octanol–water partition coefficient (Wildman–Crippen LogP) is 1.75. The summed E-state index contributed by atoms with van der Waals surface area (Å²) in [6, 6.07) is -0.934. The number of cyclic esters (lactones) is 1. The van der Waals surface area contributed by atoms with Crippen molar-refractivity contribution in [1.29, 1.82) is 0 Å². The Morgan fingerprint density at radius 2 is 1.95 bits per heavy atom. The molecule has 1 heterocycles. The van der Waals surface area contributed by atoms with Crippen molar-refractivity contribution in [2.45, 2.75) is 64.8 Å². The Kier molecular flexibility index (Phi) is 4.31. The van der Waals surface area contributed by atoms with Gasteiger partial charge in [-0.3, -0.25) is 9.69 Å². The van der Waals surface area contributed by atoms with Crippen molar-refractivity contribution in [3.8, 4) is 0 Å².